The third-order valence-corrected chi connectivity index (χ3v) is 3.62. The first-order valence-electron chi connectivity index (χ1n) is 5.91. The van der Waals surface area contributed by atoms with E-state index in [9.17, 15) is 4.39 Å². The molecule has 2 N–H and O–H groups in total. The van der Waals surface area contributed by atoms with Crippen molar-refractivity contribution in [2.75, 3.05) is 6.61 Å². The first kappa shape index (κ1) is 14.2. The van der Waals surface area contributed by atoms with Crippen molar-refractivity contribution in [2.24, 2.45) is 0 Å². The van der Waals surface area contributed by atoms with Crippen LogP contribution in [-0.4, -0.2) is 23.8 Å². The van der Waals surface area contributed by atoms with Gasteiger partial charge in [0.2, 0.25) is 0 Å². The zero-order valence-electron chi connectivity index (χ0n) is 10.3. The molecule has 1 heterocycles. The average molecular weight is 280 g/mol. The molecular formula is C13H14BFO3S. The van der Waals surface area contributed by atoms with Crippen LogP contribution in [0.4, 0.5) is 4.39 Å². The summed E-state index contributed by atoms with van der Waals surface area (Å²) in [7, 11) is -1.80. The lowest BCUT2D eigenvalue weighted by Crippen LogP contribution is -2.33. The fourth-order valence-corrected chi connectivity index (χ4v) is 2.39. The summed E-state index contributed by atoms with van der Waals surface area (Å²) in [4.78, 5) is 1.26. The summed E-state index contributed by atoms with van der Waals surface area (Å²) >= 11 is 1.68. The number of ether oxygens (including phenoxy) is 1. The largest absolute Gasteiger partial charge is 0.491 e. The maximum atomic E-state index is 13.2. The Kier molecular flexibility index (Phi) is 5.10. The molecule has 0 unspecified atom stereocenters. The van der Waals surface area contributed by atoms with Gasteiger partial charge in [0.25, 0.3) is 0 Å². The summed E-state index contributed by atoms with van der Waals surface area (Å²) in [5.74, 6) is -0.627. The fourth-order valence-electron chi connectivity index (χ4n) is 1.70. The molecule has 0 fully saturated rings. The molecule has 0 aliphatic heterocycles. The van der Waals surface area contributed by atoms with Crippen LogP contribution in [0.3, 0.4) is 0 Å². The second-order valence-electron chi connectivity index (χ2n) is 4.11. The van der Waals surface area contributed by atoms with Crippen LogP contribution in [0.2, 0.25) is 0 Å². The van der Waals surface area contributed by atoms with E-state index in [0.717, 1.165) is 12.0 Å². The Hall–Kier alpha value is -1.21. The van der Waals surface area contributed by atoms with Gasteiger partial charge in [-0.3, -0.25) is 0 Å². The second-order valence-corrected chi connectivity index (χ2v) is 5.14. The van der Waals surface area contributed by atoms with Gasteiger partial charge in [-0.05, 0) is 23.1 Å². The molecule has 0 atom stereocenters. The molecule has 100 valence electrons. The lowest BCUT2D eigenvalue weighted by molar-refractivity contribution is 0.124. The summed E-state index contributed by atoms with van der Waals surface area (Å²) in [5, 5.41) is 20.0. The highest BCUT2D eigenvalue weighted by molar-refractivity contribution is 7.09. The molecule has 0 aliphatic rings. The lowest BCUT2D eigenvalue weighted by Gasteiger charge is -2.07. The molecule has 19 heavy (non-hydrogen) atoms. The minimum atomic E-state index is -1.80. The van der Waals surface area contributed by atoms with Crippen molar-refractivity contribution in [1.82, 2.24) is 0 Å². The lowest BCUT2D eigenvalue weighted by atomic mass is 9.79. The molecule has 0 radical (unpaired) electrons. The highest BCUT2D eigenvalue weighted by atomic mass is 32.1. The summed E-state index contributed by atoms with van der Waals surface area (Å²) in [6.07, 6.45) is 0.842. The van der Waals surface area contributed by atoms with Gasteiger partial charge in [0.1, 0.15) is 5.82 Å². The van der Waals surface area contributed by atoms with Crippen LogP contribution in [0.5, 0.6) is 0 Å². The topological polar surface area (TPSA) is 49.7 Å². The van der Waals surface area contributed by atoms with Crippen LogP contribution in [0.1, 0.15) is 10.4 Å². The van der Waals surface area contributed by atoms with E-state index in [1.54, 1.807) is 17.4 Å². The van der Waals surface area contributed by atoms with Crippen molar-refractivity contribution < 1.29 is 19.2 Å². The maximum absolute atomic E-state index is 13.2. The first-order chi connectivity index (χ1) is 9.16. The van der Waals surface area contributed by atoms with Crippen LogP contribution in [0, 0.1) is 5.82 Å². The summed E-state index contributed by atoms with van der Waals surface area (Å²) in [5.41, 5.74) is 0.593. The van der Waals surface area contributed by atoms with Crippen molar-refractivity contribution in [3.8, 4) is 0 Å². The van der Waals surface area contributed by atoms with Gasteiger partial charge in [0.05, 0.1) is 13.2 Å². The number of hydrogen-bond donors (Lipinski definition) is 2. The van der Waals surface area contributed by atoms with Gasteiger partial charge >= 0.3 is 7.12 Å². The molecule has 1 aromatic carbocycles. The first-order valence-corrected chi connectivity index (χ1v) is 6.79. The molecule has 0 bridgehead atoms. The quantitative estimate of drug-likeness (QED) is 0.620. The molecule has 3 nitrogen and oxygen atoms in total. The molecule has 0 aliphatic carbocycles. The van der Waals surface area contributed by atoms with Gasteiger partial charge in [0.15, 0.2) is 0 Å². The summed E-state index contributed by atoms with van der Waals surface area (Å²) < 4.78 is 18.7. The SMILES string of the molecule is OB(O)c1cc(COCCc2cccs2)ccc1F. The molecule has 1 aromatic heterocycles. The minimum absolute atomic E-state index is 0.126. The van der Waals surface area contributed by atoms with E-state index < -0.39 is 12.9 Å². The molecule has 0 saturated heterocycles. The van der Waals surface area contributed by atoms with E-state index in [-0.39, 0.29) is 5.46 Å². The number of hydrogen-bond acceptors (Lipinski definition) is 4. The van der Waals surface area contributed by atoms with Crippen LogP contribution in [0.15, 0.2) is 35.7 Å². The monoisotopic (exact) mass is 280 g/mol. The second kappa shape index (κ2) is 6.82. The smallest absolute Gasteiger partial charge is 0.423 e. The van der Waals surface area contributed by atoms with E-state index in [1.165, 1.54) is 17.0 Å². The molecule has 0 saturated carbocycles. The molecule has 2 aromatic rings. The van der Waals surface area contributed by atoms with Crippen molar-refractivity contribution in [3.63, 3.8) is 0 Å². The van der Waals surface area contributed by atoms with Crippen LogP contribution in [0.25, 0.3) is 0 Å². The van der Waals surface area contributed by atoms with Gasteiger partial charge in [-0.15, -0.1) is 11.3 Å². The third kappa shape index (κ3) is 4.14. The average Bonchev–Trinajstić information content (AvgIpc) is 2.89. The van der Waals surface area contributed by atoms with Crippen LogP contribution < -0.4 is 5.46 Å². The predicted octanol–water partition coefficient (Wildman–Crippen LogP) is 1.33. The van der Waals surface area contributed by atoms with Crippen molar-refractivity contribution in [2.45, 2.75) is 13.0 Å². The Morgan fingerprint density at radius 2 is 2.11 bits per heavy atom. The highest BCUT2D eigenvalue weighted by Gasteiger charge is 2.16. The van der Waals surface area contributed by atoms with E-state index >= 15 is 0 Å². The Labute approximate surface area is 115 Å². The van der Waals surface area contributed by atoms with Gasteiger partial charge in [-0.25, -0.2) is 4.39 Å². The minimum Gasteiger partial charge on any atom is -0.423 e. The van der Waals surface area contributed by atoms with Gasteiger partial charge < -0.3 is 14.8 Å². The number of thiophene rings is 1. The van der Waals surface area contributed by atoms with Crippen molar-refractivity contribution >= 4 is 23.9 Å². The molecule has 6 heteroatoms. The van der Waals surface area contributed by atoms with Gasteiger partial charge in [-0.1, -0.05) is 18.2 Å². The predicted molar refractivity (Wildman–Crippen MR) is 73.9 cm³/mol. The molecule has 0 spiro atoms. The third-order valence-electron chi connectivity index (χ3n) is 2.68. The van der Waals surface area contributed by atoms with E-state index in [1.807, 2.05) is 17.5 Å². The normalized spacial score (nSPS) is 10.7. The number of halogens is 1. The van der Waals surface area contributed by atoms with Crippen molar-refractivity contribution in [3.05, 3.63) is 52.0 Å². The standard InChI is InChI=1S/C13H14BFO3S/c15-13-4-3-10(8-12(13)14(16)17)9-18-6-5-11-2-1-7-19-11/h1-4,7-8,16-17H,5-6,9H2. The van der Waals surface area contributed by atoms with Crippen LogP contribution in [-0.2, 0) is 17.8 Å². The Morgan fingerprint density at radius 3 is 2.79 bits per heavy atom. The fraction of sp³-hybridized carbons (Fsp3) is 0.231. The summed E-state index contributed by atoms with van der Waals surface area (Å²) in [6.45, 7) is 0.903. The Balaban J connectivity index is 1.84. The Bertz CT molecular complexity index is 517. The maximum Gasteiger partial charge on any atom is 0.491 e. The van der Waals surface area contributed by atoms with Gasteiger partial charge in [0, 0.05) is 16.8 Å². The summed E-state index contributed by atoms with van der Waals surface area (Å²) in [6, 6.07) is 8.24. The van der Waals surface area contributed by atoms with Crippen molar-refractivity contribution in [1.29, 1.82) is 0 Å². The van der Waals surface area contributed by atoms with Gasteiger partial charge in [-0.2, -0.15) is 0 Å². The van der Waals surface area contributed by atoms with Crippen LogP contribution >= 0.6 is 11.3 Å². The zero-order chi connectivity index (χ0) is 13.7. The molecule has 0 amide bonds. The molecule has 2 rings (SSSR count). The van der Waals surface area contributed by atoms with E-state index in [4.69, 9.17) is 14.8 Å². The van der Waals surface area contributed by atoms with E-state index in [2.05, 4.69) is 0 Å². The number of benzene rings is 1. The highest BCUT2D eigenvalue weighted by Crippen LogP contribution is 2.10. The van der Waals surface area contributed by atoms with E-state index in [0.29, 0.717) is 13.2 Å². The Morgan fingerprint density at radius 1 is 1.26 bits per heavy atom. The number of rotatable bonds is 6. The zero-order valence-corrected chi connectivity index (χ0v) is 11.1. The molecular weight excluding hydrogens is 266 g/mol.